The molecule has 0 spiro atoms. The van der Waals surface area contributed by atoms with Crippen LogP contribution in [0.5, 0.6) is 0 Å². The molecule has 27 heavy (non-hydrogen) atoms. The molecule has 0 aromatic heterocycles. The lowest BCUT2D eigenvalue weighted by molar-refractivity contribution is -0.221. The van der Waals surface area contributed by atoms with Crippen molar-refractivity contribution in [2.75, 3.05) is 13.7 Å². The number of ether oxygens (including phenoxy) is 5. The second-order valence-corrected chi connectivity index (χ2v) is 6.34. The Bertz CT molecular complexity index is 630. The first kappa shape index (κ1) is 20.9. The van der Waals surface area contributed by atoms with E-state index in [4.69, 9.17) is 23.7 Å². The van der Waals surface area contributed by atoms with Crippen LogP contribution in [0.4, 0.5) is 4.79 Å². The molecule has 5 atom stereocenters. The summed E-state index contributed by atoms with van der Waals surface area (Å²) in [5, 5.41) is 0. The van der Waals surface area contributed by atoms with Crippen molar-refractivity contribution in [3.63, 3.8) is 0 Å². The van der Waals surface area contributed by atoms with E-state index >= 15 is 0 Å². The number of rotatable bonds is 7. The molecule has 7 nitrogen and oxygen atoms in total. The van der Waals surface area contributed by atoms with Gasteiger partial charge in [-0.1, -0.05) is 49.9 Å². The topological polar surface area (TPSA) is 80.3 Å². The molecule has 2 rings (SSSR count). The molecule has 1 heterocycles. The fraction of sp³-hybridized carbons (Fsp3) is 0.500. The van der Waals surface area contributed by atoms with Crippen molar-refractivity contribution in [2.24, 2.45) is 5.92 Å². The summed E-state index contributed by atoms with van der Waals surface area (Å²) in [6, 6.07) is 9.59. The minimum Gasteiger partial charge on any atom is -0.467 e. The highest BCUT2D eigenvalue weighted by atomic mass is 16.7. The van der Waals surface area contributed by atoms with Crippen LogP contribution in [0.15, 0.2) is 43.0 Å². The van der Waals surface area contributed by atoms with Gasteiger partial charge in [0.1, 0.15) is 12.7 Å². The van der Waals surface area contributed by atoms with Gasteiger partial charge in [-0.2, -0.15) is 0 Å². The maximum absolute atomic E-state index is 12.1. The molecule has 7 heteroatoms. The van der Waals surface area contributed by atoms with E-state index in [0.29, 0.717) is 6.61 Å². The molecular weight excluding hydrogens is 352 g/mol. The van der Waals surface area contributed by atoms with Gasteiger partial charge in [0.05, 0.1) is 19.8 Å². The summed E-state index contributed by atoms with van der Waals surface area (Å²) in [6.45, 7) is 7.35. The number of hydrogen-bond acceptors (Lipinski definition) is 7. The predicted molar refractivity (Wildman–Crippen MR) is 97.0 cm³/mol. The molecule has 1 aromatic carbocycles. The molecular formula is C20H26O7. The van der Waals surface area contributed by atoms with E-state index in [0.717, 1.165) is 5.56 Å². The third-order valence-corrected chi connectivity index (χ3v) is 4.41. The number of hydrogen-bond donors (Lipinski definition) is 0. The second kappa shape index (κ2) is 10.1. The highest BCUT2D eigenvalue weighted by Crippen LogP contribution is 2.31. The second-order valence-electron chi connectivity index (χ2n) is 6.34. The Balaban J connectivity index is 2.15. The van der Waals surface area contributed by atoms with E-state index < -0.39 is 42.5 Å². The van der Waals surface area contributed by atoms with E-state index in [-0.39, 0.29) is 6.61 Å². The highest BCUT2D eigenvalue weighted by molar-refractivity contribution is 5.75. The molecule has 0 bridgehead atoms. The largest absolute Gasteiger partial charge is 0.509 e. The van der Waals surface area contributed by atoms with Gasteiger partial charge in [-0.25, -0.2) is 9.59 Å². The fourth-order valence-corrected chi connectivity index (χ4v) is 3.01. The summed E-state index contributed by atoms with van der Waals surface area (Å²) < 4.78 is 27.0. The standard InChI is InChI=1S/C20H26O7/c1-5-11-24-20(22)27-18-14(3)26-17(19(21)23-4)13(2)16(18)25-12-15-9-7-6-8-10-15/h5-10,13-14,16-18H,1,11-12H2,2-4H3/t13-,14?,16+,17?,18?/m0/s1. The third kappa shape index (κ3) is 5.55. The van der Waals surface area contributed by atoms with Crippen molar-refractivity contribution < 1.29 is 33.3 Å². The number of carbonyl (C=O) groups excluding carboxylic acids is 2. The summed E-state index contributed by atoms with van der Waals surface area (Å²) >= 11 is 0. The Labute approximate surface area is 159 Å². The molecule has 0 amide bonds. The molecule has 0 aliphatic carbocycles. The first-order chi connectivity index (χ1) is 13.0. The van der Waals surface area contributed by atoms with Crippen LogP contribution in [-0.2, 0) is 35.1 Å². The van der Waals surface area contributed by atoms with Gasteiger partial charge < -0.3 is 23.7 Å². The molecule has 0 saturated carbocycles. The van der Waals surface area contributed by atoms with Crippen molar-refractivity contribution in [3.8, 4) is 0 Å². The van der Waals surface area contributed by atoms with Crippen LogP contribution < -0.4 is 0 Å². The lowest BCUT2D eigenvalue weighted by Crippen LogP contribution is -2.57. The monoisotopic (exact) mass is 378 g/mol. The molecule has 148 valence electrons. The lowest BCUT2D eigenvalue weighted by atomic mass is 9.88. The molecule has 1 aromatic rings. The Morgan fingerprint density at radius 3 is 2.52 bits per heavy atom. The minimum atomic E-state index is -0.840. The zero-order valence-electron chi connectivity index (χ0n) is 15.8. The van der Waals surface area contributed by atoms with Gasteiger partial charge in [-0.15, -0.1) is 0 Å². The average molecular weight is 378 g/mol. The van der Waals surface area contributed by atoms with Gasteiger partial charge in [0.2, 0.25) is 0 Å². The van der Waals surface area contributed by atoms with E-state index in [1.807, 2.05) is 30.3 Å². The van der Waals surface area contributed by atoms with Crippen molar-refractivity contribution in [2.45, 2.75) is 44.9 Å². The number of esters is 1. The van der Waals surface area contributed by atoms with Crippen molar-refractivity contribution in [1.82, 2.24) is 0 Å². The lowest BCUT2D eigenvalue weighted by Gasteiger charge is -2.42. The minimum absolute atomic E-state index is 0.0384. The zero-order chi connectivity index (χ0) is 19.8. The quantitative estimate of drug-likeness (QED) is 0.533. The van der Waals surface area contributed by atoms with E-state index in [1.54, 1.807) is 13.8 Å². The van der Waals surface area contributed by atoms with Crippen molar-refractivity contribution >= 4 is 12.1 Å². The summed E-state index contributed by atoms with van der Waals surface area (Å²) in [6.07, 6.45) is -2.10. The third-order valence-electron chi connectivity index (χ3n) is 4.41. The molecule has 1 fully saturated rings. The van der Waals surface area contributed by atoms with Gasteiger partial charge in [-0.3, -0.25) is 0 Å². The predicted octanol–water partition coefficient (Wildman–Crippen LogP) is 2.88. The van der Waals surface area contributed by atoms with Crippen LogP contribution in [0, 0.1) is 5.92 Å². The van der Waals surface area contributed by atoms with E-state index in [2.05, 4.69) is 6.58 Å². The van der Waals surface area contributed by atoms with Gasteiger partial charge in [0.25, 0.3) is 0 Å². The maximum atomic E-state index is 12.1. The van der Waals surface area contributed by atoms with Gasteiger partial charge >= 0.3 is 12.1 Å². The smallest absolute Gasteiger partial charge is 0.467 e. The summed E-state index contributed by atoms with van der Waals surface area (Å²) in [4.78, 5) is 24.0. The number of methoxy groups -OCH3 is 1. The summed E-state index contributed by atoms with van der Waals surface area (Å²) in [5.41, 5.74) is 0.964. The molecule has 1 aliphatic heterocycles. The maximum Gasteiger partial charge on any atom is 0.509 e. The molecule has 1 saturated heterocycles. The van der Waals surface area contributed by atoms with Gasteiger partial charge in [-0.05, 0) is 12.5 Å². The molecule has 3 unspecified atom stereocenters. The highest BCUT2D eigenvalue weighted by Gasteiger charge is 2.48. The van der Waals surface area contributed by atoms with Gasteiger partial charge in [0, 0.05) is 5.92 Å². The zero-order valence-corrected chi connectivity index (χ0v) is 15.8. The first-order valence-electron chi connectivity index (χ1n) is 8.81. The Hall–Kier alpha value is -2.38. The van der Waals surface area contributed by atoms with Crippen LogP contribution >= 0.6 is 0 Å². The van der Waals surface area contributed by atoms with Crippen LogP contribution in [0.2, 0.25) is 0 Å². The van der Waals surface area contributed by atoms with E-state index in [9.17, 15) is 9.59 Å². The normalized spacial score (nSPS) is 27.4. The Morgan fingerprint density at radius 2 is 1.89 bits per heavy atom. The molecule has 0 N–H and O–H groups in total. The van der Waals surface area contributed by atoms with Crippen molar-refractivity contribution in [3.05, 3.63) is 48.6 Å². The van der Waals surface area contributed by atoms with Gasteiger partial charge in [0.15, 0.2) is 12.2 Å². The fourth-order valence-electron chi connectivity index (χ4n) is 3.01. The average Bonchev–Trinajstić information content (AvgIpc) is 2.68. The van der Waals surface area contributed by atoms with Crippen LogP contribution in [-0.4, -0.2) is 50.3 Å². The Kier molecular flexibility index (Phi) is 7.82. The molecule has 1 aliphatic rings. The number of benzene rings is 1. The van der Waals surface area contributed by atoms with Crippen LogP contribution in [0.1, 0.15) is 19.4 Å². The summed E-state index contributed by atoms with van der Waals surface area (Å²) in [5.74, 6) is -0.884. The summed E-state index contributed by atoms with van der Waals surface area (Å²) in [7, 11) is 1.30. The molecule has 0 radical (unpaired) electrons. The first-order valence-corrected chi connectivity index (χ1v) is 8.81. The van der Waals surface area contributed by atoms with Crippen molar-refractivity contribution in [1.29, 1.82) is 0 Å². The Morgan fingerprint density at radius 1 is 1.19 bits per heavy atom. The SMILES string of the molecule is C=CCOC(=O)OC1C(C)OC(C(=O)OC)[C@@H](C)[C@H]1OCc1ccccc1. The number of carbonyl (C=O) groups is 2. The van der Waals surface area contributed by atoms with Crippen LogP contribution in [0.3, 0.4) is 0 Å². The van der Waals surface area contributed by atoms with Crippen LogP contribution in [0.25, 0.3) is 0 Å². The van der Waals surface area contributed by atoms with E-state index in [1.165, 1.54) is 13.2 Å².